The van der Waals surface area contributed by atoms with E-state index in [1.54, 1.807) is 23.0 Å². The fraction of sp³-hybridized carbons (Fsp3) is 0.417. The molecule has 110 valence electrons. The van der Waals surface area contributed by atoms with Crippen LogP contribution in [-0.4, -0.2) is 25.0 Å². The van der Waals surface area contributed by atoms with Crippen molar-refractivity contribution in [3.05, 3.63) is 34.0 Å². The molecule has 2 aromatic heterocycles. The third kappa shape index (κ3) is 3.26. The van der Waals surface area contributed by atoms with Crippen molar-refractivity contribution < 1.29 is 8.42 Å². The highest BCUT2D eigenvalue weighted by molar-refractivity contribution is 7.89. The van der Waals surface area contributed by atoms with E-state index in [0.717, 1.165) is 9.75 Å². The Labute approximate surface area is 122 Å². The van der Waals surface area contributed by atoms with E-state index in [-0.39, 0.29) is 6.54 Å². The van der Waals surface area contributed by atoms with E-state index in [2.05, 4.69) is 15.0 Å². The molecule has 2 rings (SSSR count). The summed E-state index contributed by atoms with van der Waals surface area (Å²) in [6.45, 7) is 2.67. The summed E-state index contributed by atoms with van der Waals surface area (Å²) in [5, 5.41) is 3.02. The number of nitrogens with zero attached hydrogens (tertiary/aromatic N) is 2. The van der Waals surface area contributed by atoms with Crippen LogP contribution < -0.4 is 10.0 Å². The van der Waals surface area contributed by atoms with Gasteiger partial charge in [0.1, 0.15) is 5.82 Å². The molecule has 0 saturated heterocycles. The molecular weight excluding hydrogens is 296 g/mol. The lowest BCUT2D eigenvalue weighted by molar-refractivity contribution is 0.577. The lowest BCUT2D eigenvalue weighted by Crippen LogP contribution is -2.24. The van der Waals surface area contributed by atoms with Crippen molar-refractivity contribution in [1.82, 2.24) is 19.6 Å². The Morgan fingerprint density at radius 3 is 2.75 bits per heavy atom. The van der Waals surface area contributed by atoms with Gasteiger partial charge in [0.05, 0.1) is 11.4 Å². The van der Waals surface area contributed by atoms with Crippen molar-refractivity contribution in [3.8, 4) is 0 Å². The third-order valence-corrected chi connectivity index (χ3v) is 5.61. The van der Waals surface area contributed by atoms with Crippen LogP contribution in [-0.2, 0) is 30.2 Å². The zero-order valence-electron chi connectivity index (χ0n) is 11.7. The quantitative estimate of drug-likeness (QED) is 0.833. The standard InChI is InChI=1S/C12H18N4O2S2/c1-9-11(6-10(19-9)7-13-2)20(17,18)15-8-12-14-4-5-16(12)3/h4-6,13,15H,7-8H2,1-3H3. The van der Waals surface area contributed by atoms with Crippen LogP contribution in [0.5, 0.6) is 0 Å². The second-order valence-electron chi connectivity index (χ2n) is 4.44. The Hall–Kier alpha value is -1.22. The van der Waals surface area contributed by atoms with Crippen LogP contribution in [0.25, 0.3) is 0 Å². The first kappa shape index (κ1) is 15.2. The summed E-state index contributed by atoms with van der Waals surface area (Å²) in [5.41, 5.74) is 0. The maximum atomic E-state index is 12.3. The van der Waals surface area contributed by atoms with Crippen molar-refractivity contribution in [1.29, 1.82) is 0 Å². The van der Waals surface area contributed by atoms with Gasteiger partial charge < -0.3 is 9.88 Å². The number of nitrogens with one attached hydrogen (secondary N) is 2. The van der Waals surface area contributed by atoms with Gasteiger partial charge in [-0.15, -0.1) is 11.3 Å². The SMILES string of the molecule is CNCc1cc(S(=O)(=O)NCc2nccn2C)c(C)s1. The molecule has 0 aliphatic carbocycles. The summed E-state index contributed by atoms with van der Waals surface area (Å²) in [6, 6.07) is 1.72. The maximum absolute atomic E-state index is 12.3. The molecule has 0 aliphatic heterocycles. The van der Waals surface area contributed by atoms with Crippen LogP contribution >= 0.6 is 11.3 Å². The Balaban J connectivity index is 2.16. The van der Waals surface area contributed by atoms with Gasteiger partial charge in [0.25, 0.3) is 0 Å². The zero-order valence-corrected chi connectivity index (χ0v) is 13.3. The fourth-order valence-corrected chi connectivity index (χ4v) is 4.48. The molecule has 2 N–H and O–H groups in total. The van der Waals surface area contributed by atoms with Crippen LogP contribution in [0.4, 0.5) is 0 Å². The number of sulfonamides is 1. The van der Waals surface area contributed by atoms with Gasteiger partial charge in [0.15, 0.2) is 0 Å². The second kappa shape index (κ2) is 6.04. The number of hydrogen-bond acceptors (Lipinski definition) is 5. The Bertz CT molecular complexity index is 688. The van der Waals surface area contributed by atoms with Gasteiger partial charge >= 0.3 is 0 Å². The molecule has 0 radical (unpaired) electrons. The summed E-state index contributed by atoms with van der Waals surface area (Å²) in [6.07, 6.45) is 3.43. The molecule has 20 heavy (non-hydrogen) atoms. The normalized spacial score (nSPS) is 11.9. The smallest absolute Gasteiger partial charge is 0.242 e. The molecular formula is C12H18N4O2S2. The predicted molar refractivity (Wildman–Crippen MR) is 79.1 cm³/mol. The third-order valence-electron chi connectivity index (χ3n) is 2.91. The number of rotatable bonds is 6. The van der Waals surface area contributed by atoms with Gasteiger partial charge in [-0.25, -0.2) is 18.1 Å². The summed E-state index contributed by atoms with van der Waals surface area (Å²) in [4.78, 5) is 6.24. The lowest BCUT2D eigenvalue weighted by Gasteiger charge is -2.06. The van der Waals surface area contributed by atoms with Crippen molar-refractivity contribution in [2.24, 2.45) is 7.05 Å². The van der Waals surface area contributed by atoms with Gasteiger partial charge in [-0.3, -0.25) is 0 Å². The molecule has 0 saturated carbocycles. The minimum absolute atomic E-state index is 0.183. The second-order valence-corrected chi connectivity index (χ2v) is 7.52. The van der Waals surface area contributed by atoms with Crippen molar-refractivity contribution in [2.75, 3.05) is 7.05 Å². The molecule has 0 atom stereocenters. The number of hydrogen-bond donors (Lipinski definition) is 2. The molecule has 0 bridgehead atoms. The van der Waals surface area contributed by atoms with E-state index < -0.39 is 10.0 Å². The van der Waals surface area contributed by atoms with Crippen LogP contribution in [0.15, 0.2) is 23.4 Å². The first-order chi connectivity index (χ1) is 9.44. The van der Waals surface area contributed by atoms with E-state index in [1.165, 1.54) is 11.3 Å². The van der Waals surface area contributed by atoms with Gasteiger partial charge in [-0.2, -0.15) is 0 Å². The van der Waals surface area contributed by atoms with Crippen LogP contribution in [0.3, 0.4) is 0 Å². The maximum Gasteiger partial charge on any atom is 0.242 e. The topological polar surface area (TPSA) is 76.0 Å². The molecule has 0 spiro atoms. The minimum atomic E-state index is -3.50. The van der Waals surface area contributed by atoms with Crippen LogP contribution in [0, 0.1) is 6.92 Å². The average Bonchev–Trinajstić information content (AvgIpc) is 2.94. The van der Waals surface area contributed by atoms with E-state index in [9.17, 15) is 8.42 Å². The Morgan fingerprint density at radius 2 is 2.15 bits per heavy atom. The largest absolute Gasteiger partial charge is 0.337 e. The first-order valence-electron chi connectivity index (χ1n) is 6.14. The highest BCUT2D eigenvalue weighted by Crippen LogP contribution is 2.25. The average molecular weight is 314 g/mol. The molecule has 2 heterocycles. The molecule has 2 aromatic rings. The van der Waals surface area contributed by atoms with Crippen LogP contribution in [0.1, 0.15) is 15.6 Å². The van der Waals surface area contributed by atoms with Crippen molar-refractivity contribution >= 4 is 21.4 Å². The molecule has 0 fully saturated rings. The molecule has 0 unspecified atom stereocenters. The van der Waals surface area contributed by atoms with E-state index in [1.807, 2.05) is 21.0 Å². The highest BCUT2D eigenvalue weighted by Gasteiger charge is 2.20. The summed E-state index contributed by atoms with van der Waals surface area (Å²) in [5.74, 6) is 0.678. The predicted octanol–water partition coefficient (Wildman–Crippen LogP) is 0.988. The number of imidazole rings is 1. The molecule has 0 aromatic carbocycles. The van der Waals surface area contributed by atoms with Crippen molar-refractivity contribution in [3.63, 3.8) is 0 Å². The van der Waals surface area contributed by atoms with Gasteiger partial charge in [-0.05, 0) is 20.0 Å². The number of aromatic nitrogens is 2. The molecule has 8 heteroatoms. The Kier molecular flexibility index (Phi) is 4.59. The summed E-state index contributed by atoms with van der Waals surface area (Å²) in [7, 11) is 0.165. The van der Waals surface area contributed by atoms with E-state index >= 15 is 0 Å². The summed E-state index contributed by atoms with van der Waals surface area (Å²) >= 11 is 1.49. The molecule has 6 nitrogen and oxygen atoms in total. The fourth-order valence-electron chi connectivity index (χ4n) is 1.86. The molecule has 0 aliphatic rings. The first-order valence-corrected chi connectivity index (χ1v) is 8.44. The zero-order chi connectivity index (χ0) is 14.8. The van der Waals surface area contributed by atoms with Gasteiger partial charge in [0.2, 0.25) is 10.0 Å². The highest BCUT2D eigenvalue weighted by atomic mass is 32.2. The summed E-state index contributed by atoms with van der Waals surface area (Å²) < 4.78 is 29.0. The Morgan fingerprint density at radius 1 is 1.40 bits per heavy atom. The van der Waals surface area contributed by atoms with Gasteiger partial charge in [0, 0.05) is 35.7 Å². The lowest BCUT2D eigenvalue weighted by atomic mass is 10.4. The minimum Gasteiger partial charge on any atom is -0.337 e. The van der Waals surface area contributed by atoms with Crippen LogP contribution in [0.2, 0.25) is 0 Å². The van der Waals surface area contributed by atoms with E-state index in [4.69, 9.17) is 0 Å². The van der Waals surface area contributed by atoms with Gasteiger partial charge in [-0.1, -0.05) is 0 Å². The molecule has 0 amide bonds. The van der Waals surface area contributed by atoms with Crippen molar-refractivity contribution in [2.45, 2.75) is 24.9 Å². The van der Waals surface area contributed by atoms with E-state index in [0.29, 0.717) is 17.3 Å². The number of aryl methyl sites for hydroxylation is 2. The number of thiophene rings is 1. The monoisotopic (exact) mass is 314 g/mol.